The molecule has 4 N–H and O–H groups in total. The van der Waals surface area contributed by atoms with Crippen molar-refractivity contribution in [1.82, 2.24) is 10.3 Å². The van der Waals surface area contributed by atoms with E-state index in [0.29, 0.717) is 35.3 Å². The predicted octanol–water partition coefficient (Wildman–Crippen LogP) is 2.79. The highest BCUT2D eigenvalue weighted by molar-refractivity contribution is 9.10. The number of aromatic hydroxyl groups is 1. The van der Waals surface area contributed by atoms with Crippen molar-refractivity contribution >= 4 is 26.8 Å². The average Bonchev–Trinajstić information content (AvgIpc) is 2.64. The molecule has 0 aliphatic rings. The molecular formula is C20H17BrN2O4. The molecule has 3 rings (SSSR count). The fraction of sp³-hybridized carbons (Fsp3) is 0.150. The van der Waals surface area contributed by atoms with E-state index in [1.807, 2.05) is 12.1 Å². The van der Waals surface area contributed by atoms with Gasteiger partial charge in [-0.1, -0.05) is 18.6 Å². The Bertz CT molecular complexity index is 1070. The molecule has 0 fully saturated rings. The zero-order chi connectivity index (χ0) is 19.4. The van der Waals surface area contributed by atoms with Gasteiger partial charge in [0.1, 0.15) is 11.9 Å². The van der Waals surface area contributed by atoms with E-state index in [2.05, 4.69) is 32.3 Å². The number of terminal acetylenes is 1. The van der Waals surface area contributed by atoms with Gasteiger partial charge >= 0.3 is 0 Å². The number of hydrogen-bond acceptors (Lipinski definition) is 5. The minimum Gasteiger partial charge on any atom is -0.506 e. The second-order valence-corrected chi connectivity index (χ2v) is 6.77. The van der Waals surface area contributed by atoms with Gasteiger partial charge in [0.05, 0.1) is 16.1 Å². The summed E-state index contributed by atoms with van der Waals surface area (Å²) >= 11 is 3.40. The maximum absolute atomic E-state index is 11.5. The fourth-order valence-electron chi connectivity index (χ4n) is 2.81. The monoisotopic (exact) mass is 428 g/mol. The molecular weight excluding hydrogens is 412 g/mol. The highest BCUT2D eigenvalue weighted by Gasteiger charge is 2.14. The number of phenols is 1. The van der Waals surface area contributed by atoms with Crippen LogP contribution in [0.4, 0.5) is 0 Å². The van der Waals surface area contributed by atoms with Gasteiger partial charge in [0.2, 0.25) is 5.56 Å². The Kier molecular flexibility index (Phi) is 5.81. The van der Waals surface area contributed by atoms with Crippen LogP contribution in [0, 0.1) is 12.5 Å². The second kappa shape index (κ2) is 8.27. The molecule has 7 heteroatoms. The number of fused-ring (bicyclic) bond motifs is 1. The van der Waals surface area contributed by atoms with E-state index in [-0.39, 0.29) is 11.3 Å². The van der Waals surface area contributed by atoms with Crippen molar-refractivity contribution in [3.05, 3.63) is 68.4 Å². The Morgan fingerprint density at radius 1 is 1.26 bits per heavy atom. The molecule has 0 aliphatic carbocycles. The zero-order valence-electron chi connectivity index (χ0n) is 14.2. The van der Waals surface area contributed by atoms with Gasteiger partial charge in [-0.3, -0.25) is 4.79 Å². The predicted molar refractivity (Wildman–Crippen MR) is 107 cm³/mol. The van der Waals surface area contributed by atoms with Crippen molar-refractivity contribution < 1.29 is 14.9 Å². The largest absolute Gasteiger partial charge is 0.506 e. The standard InChI is InChI=1S/C20H17BrN2O4/c1-2-27-18-7-3-12(9-15(18)21)10-22-11-17(25)13-4-6-16(24)20-14(13)5-8-19(26)23-20/h1,3-9,17,22,24-25H,10-11H2,(H,23,26). The molecule has 0 bridgehead atoms. The van der Waals surface area contributed by atoms with Crippen LogP contribution in [0.2, 0.25) is 0 Å². The van der Waals surface area contributed by atoms with E-state index in [4.69, 9.17) is 11.2 Å². The van der Waals surface area contributed by atoms with Gasteiger partial charge in [-0.05, 0) is 51.3 Å². The first-order valence-corrected chi connectivity index (χ1v) is 8.93. The van der Waals surface area contributed by atoms with E-state index in [0.717, 1.165) is 10.0 Å². The molecule has 138 valence electrons. The van der Waals surface area contributed by atoms with E-state index in [1.54, 1.807) is 18.2 Å². The third-order valence-corrected chi connectivity index (χ3v) is 4.72. The number of phenolic OH excluding ortho intramolecular Hbond substituents is 1. The number of pyridine rings is 1. The summed E-state index contributed by atoms with van der Waals surface area (Å²) in [5.74, 6) is 0.525. The Balaban J connectivity index is 1.70. The van der Waals surface area contributed by atoms with Crippen LogP contribution in [0.3, 0.4) is 0 Å². The van der Waals surface area contributed by atoms with Crippen molar-refractivity contribution in [3.63, 3.8) is 0 Å². The van der Waals surface area contributed by atoms with Crippen LogP contribution in [0.15, 0.2) is 51.7 Å². The van der Waals surface area contributed by atoms with Gasteiger partial charge in [0.15, 0.2) is 5.75 Å². The maximum Gasteiger partial charge on any atom is 0.248 e. The van der Waals surface area contributed by atoms with Crippen molar-refractivity contribution in [1.29, 1.82) is 0 Å². The zero-order valence-corrected chi connectivity index (χ0v) is 15.8. The van der Waals surface area contributed by atoms with Crippen molar-refractivity contribution in [3.8, 4) is 24.0 Å². The Morgan fingerprint density at radius 2 is 2.07 bits per heavy atom. The summed E-state index contributed by atoms with van der Waals surface area (Å²) in [6.07, 6.45) is 6.44. The van der Waals surface area contributed by atoms with E-state index in [1.165, 1.54) is 12.1 Å². The lowest BCUT2D eigenvalue weighted by Gasteiger charge is -2.15. The lowest BCUT2D eigenvalue weighted by molar-refractivity contribution is 0.176. The lowest BCUT2D eigenvalue weighted by atomic mass is 10.0. The summed E-state index contributed by atoms with van der Waals surface area (Å²) in [7, 11) is 0. The molecule has 0 aliphatic heterocycles. The van der Waals surface area contributed by atoms with Gasteiger partial charge in [-0.25, -0.2) is 0 Å². The quantitative estimate of drug-likeness (QED) is 0.452. The average molecular weight is 429 g/mol. The Morgan fingerprint density at radius 3 is 2.81 bits per heavy atom. The number of hydrogen-bond donors (Lipinski definition) is 4. The number of aromatic nitrogens is 1. The number of aliphatic hydroxyl groups excluding tert-OH is 1. The fourth-order valence-corrected chi connectivity index (χ4v) is 3.32. The third-order valence-electron chi connectivity index (χ3n) is 4.10. The molecule has 0 radical (unpaired) electrons. The van der Waals surface area contributed by atoms with Crippen LogP contribution in [0.1, 0.15) is 17.2 Å². The van der Waals surface area contributed by atoms with Crippen molar-refractivity contribution in [2.75, 3.05) is 6.54 Å². The van der Waals surface area contributed by atoms with Crippen LogP contribution >= 0.6 is 15.9 Å². The van der Waals surface area contributed by atoms with E-state index >= 15 is 0 Å². The summed E-state index contributed by atoms with van der Waals surface area (Å²) in [4.78, 5) is 14.1. The Hall–Kier alpha value is -2.79. The summed E-state index contributed by atoms with van der Waals surface area (Å²) < 4.78 is 5.77. The minimum atomic E-state index is -0.813. The molecule has 27 heavy (non-hydrogen) atoms. The number of aliphatic hydroxyl groups is 1. The minimum absolute atomic E-state index is 0.0364. The van der Waals surface area contributed by atoms with E-state index in [9.17, 15) is 15.0 Å². The van der Waals surface area contributed by atoms with Crippen molar-refractivity contribution in [2.24, 2.45) is 0 Å². The highest BCUT2D eigenvalue weighted by Crippen LogP contribution is 2.29. The second-order valence-electron chi connectivity index (χ2n) is 5.92. The highest BCUT2D eigenvalue weighted by atomic mass is 79.9. The van der Waals surface area contributed by atoms with Crippen LogP contribution in [-0.4, -0.2) is 21.7 Å². The molecule has 0 amide bonds. The molecule has 0 spiro atoms. The lowest BCUT2D eigenvalue weighted by Crippen LogP contribution is -2.21. The van der Waals surface area contributed by atoms with Crippen LogP contribution in [-0.2, 0) is 6.54 Å². The van der Waals surface area contributed by atoms with Crippen LogP contribution < -0.4 is 15.6 Å². The van der Waals surface area contributed by atoms with Crippen LogP contribution in [0.25, 0.3) is 10.9 Å². The number of aromatic amines is 1. The first kappa shape index (κ1) is 19.0. The number of rotatable bonds is 6. The first-order valence-electron chi connectivity index (χ1n) is 8.14. The topological polar surface area (TPSA) is 94.6 Å². The van der Waals surface area contributed by atoms with Gasteiger partial charge in [0, 0.05) is 24.5 Å². The number of H-pyrrole nitrogens is 1. The molecule has 2 aromatic carbocycles. The number of nitrogens with one attached hydrogen (secondary N) is 2. The number of halogens is 1. The number of benzene rings is 2. The van der Waals surface area contributed by atoms with Gasteiger partial charge in [0.25, 0.3) is 0 Å². The Labute approximate surface area is 163 Å². The molecule has 0 saturated heterocycles. The van der Waals surface area contributed by atoms with Crippen molar-refractivity contribution in [2.45, 2.75) is 12.6 Å². The summed E-state index contributed by atoms with van der Waals surface area (Å²) in [5, 5.41) is 24.2. The first-order chi connectivity index (χ1) is 13.0. The summed E-state index contributed by atoms with van der Waals surface area (Å²) in [6, 6.07) is 11.6. The van der Waals surface area contributed by atoms with Gasteiger partial charge in [-0.2, -0.15) is 0 Å². The normalized spacial score (nSPS) is 11.9. The van der Waals surface area contributed by atoms with Gasteiger partial charge in [-0.15, -0.1) is 0 Å². The maximum atomic E-state index is 11.5. The summed E-state index contributed by atoms with van der Waals surface area (Å²) in [6.45, 7) is 0.818. The third kappa shape index (κ3) is 4.31. The van der Waals surface area contributed by atoms with Crippen LogP contribution in [0.5, 0.6) is 11.5 Å². The molecule has 0 saturated carbocycles. The number of ether oxygens (including phenoxy) is 1. The molecule has 6 nitrogen and oxygen atoms in total. The molecule has 1 unspecified atom stereocenters. The molecule has 1 heterocycles. The summed E-state index contributed by atoms with van der Waals surface area (Å²) in [5.41, 5.74) is 1.60. The smallest absolute Gasteiger partial charge is 0.248 e. The molecule has 3 aromatic rings. The van der Waals surface area contributed by atoms with Gasteiger partial charge < -0.3 is 25.3 Å². The molecule has 1 atom stereocenters. The van der Waals surface area contributed by atoms with E-state index < -0.39 is 6.10 Å². The molecule has 1 aromatic heterocycles. The SMILES string of the molecule is C#COc1ccc(CNCC(O)c2ccc(O)c3[nH]c(=O)ccc23)cc1Br.